The maximum absolute atomic E-state index is 12.7. The number of nitrogens with one attached hydrogen (secondary N) is 1. The van der Waals surface area contributed by atoms with Gasteiger partial charge in [0.1, 0.15) is 0 Å². The molecule has 0 aliphatic carbocycles. The number of carbonyl (C=O) groups excluding carboxylic acids is 3. The van der Waals surface area contributed by atoms with E-state index in [1.54, 1.807) is 36.1 Å². The zero-order valence-corrected chi connectivity index (χ0v) is 16.9. The predicted molar refractivity (Wildman–Crippen MR) is 108 cm³/mol. The highest BCUT2D eigenvalue weighted by Gasteiger charge is 2.28. The first-order chi connectivity index (χ1) is 13.3. The van der Waals surface area contributed by atoms with Crippen molar-refractivity contribution in [1.29, 1.82) is 0 Å². The Hall–Kier alpha value is -2.41. The molecule has 3 N–H and O–H groups in total. The minimum absolute atomic E-state index is 0.0725. The summed E-state index contributed by atoms with van der Waals surface area (Å²) in [6, 6.07) is 6.26. The Morgan fingerprint density at radius 2 is 1.79 bits per heavy atom. The summed E-state index contributed by atoms with van der Waals surface area (Å²) in [4.78, 5) is 38.3. The molecule has 1 atom stereocenters. The van der Waals surface area contributed by atoms with Crippen molar-refractivity contribution in [3.05, 3.63) is 29.8 Å². The summed E-state index contributed by atoms with van der Waals surface area (Å²) in [5.41, 5.74) is 7.05. The van der Waals surface area contributed by atoms with Crippen molar-refractivity contribution < 1.29 is 19.1 Å². The molecular formula is C21H31N3O4. The number of hydrogen-bond acceptors (Lipinski definition) is 5. The fourth-order valence-corrected chi connectivity index (χ4v) is 3.31. The molecule has 1 fully saturated rings. The van der Waals surface area contributed by atoms with Crippen LogP contribution in [0, 0.1) is 11.8 Å². The highest BCUT2D eigenvalue weighted by Crippen LogP contribution is 2.21. The second-order valence-electron chi connectivity index (χ2n) is 7.62. The van der Waals surface area contributed by atoms with Gasteiger partial charge >= 0.3 is 5.97 Å². The van der Waals surface area contributed by atoms with Gasteiger partial charge in [-0.3, -0.25) is 14.4 Å². The van der Waals surface area contributed by atoms with Gasteiger partial charge in [0.2, 0.25) is 5.91 Å². The maximum Gasteiger partial charge on any atom is 0.309 e. The number of esters is 1. The number of hydrogen-bond donors (Lipinski definition) is 2. The van der Waals surface area contributed by atoms with Crippen LogP contribution in [0.25, 0.3) is 0 Å². The molecule has 0 unspecified atom stereocenters. The molecule has 7 nitrogen and oxygen atoms in total. The maximum atomic E-state index is 12.7. The lowest BCUT2D eigenvalue weighted by atomic mass is 9.96. The average Bonchev–Trinajstić information content (AvgIpc) is 2.67. The number of carbonyl (C=O) groups is 3. The van der Waals surface area contributed by atoms with E-state index in [1.807, 2.05) is 13.8 Å². The first kappa shape index (κ1) is 21.9. The van der Waals surface area contributed by atoms with Crippen LogP contribution in [0.5, 0.6) is 0 Å². The molecule has 1 heterocycles. The van der Waals surface area contributed by atoms with Crippen molar-refractivity contribution in [3.63, 3.8) is 0 Å². The van der Waals surface area contributed by atoms with Crippen molar-refractivity contribution in [2.45, 2.75) is 46.1 Å². The predicted octanol–water partition coefficient (Wildman–Crippen LogP) is 2.41. The number of amides is 2. The third kappa shape index (κ3) is 6.05. The van der Waals surface area contributed by atoms with Gasteiger partial charge in [0.25, 0.3) is 5.91 Å². The van der Waals surface area contributed by atoms with E-state index in [1.165, 1.54) is 0 Å². The molecule has 0 radical (unpaired) electrons. The van der Waals surface area contributed by atoms with Gasteiger partial charge < -0.3 is 20.7 Å². The number of rotatable bonds is 7. The second-order valence-corrected chi connectivity index (χ2v) is 7.62. The summed E-state index contributed by atoms with van der Waals surface area (Å²) in [7, 11) is 0. The zero-order chi connectivity index (χ0) is 20.7. The monoisotopic (exact) mass is 389 g/mol. The zero-order valence-electron chi connectivity index (χ0n) is 16.9. The number of nitrogens with two attached hydrogens (primary N) is 1. The lowest BCUT2D eigenvalue weighted by Crippen LogP contribution is -2.40. The van der Waals surface area contributed by atoms with E-state index < -0.39 is 6.04 Å². The summed E-state index contributed by atoms with van der Waals surface area (Å²) in [6.07, 6.45) is 1.85. The second kappa shape index (κ2) is 10.2. The van der Waals surface area contributed by atoms with E-state index in [0.29, 0.717) is 56.1 Å². The van der Waals surface area contributed by atoms with Crippen molar-refractivity contribution >= 4 is 23.5 Å². The standard InChI is InChI=1S/C21H31N3O4/c1-4-28-21(27)16-9-11-24(12-10-16)20(26)15-5-7-17(8-6-15)23-19(25)18(22)13-14(2)3/h5-8,14,16,18H,4,9-13,22H2,1-3H3,(H,23,25)/t18-/m0/s1. The van der Waals surface area contributed by atoms with E-state index in [0.717, 1.165) is 0 Å². The van der Waals surface area contributed by atoms with Gasteiger partial charge in [-0.15, -0.1) is 0 Å². The lowest BCUT2D eigenvalue weighted by Gasteiger charge is -2.31. The number of anilines is 1. The number of ether oxygens (including phenoxy) is 1. The third-order valence-electron chi connectivity index (χ3n) is 4.86. The van der Waals surface area contributed by atoms with Crippen LogP contribution in [0.2, 0.25) is 0 Å². The van der Waals surface area contributed by atoms with Crippen LogP contribution in [0.3, 0.4) is 0 Å². The highest BCUT2D eigenvalue weighted by atomic mass is 16.5. The van der Waals surface area contributed by atoms with Gasteiger partial charge in [0.05, 0.1) is 18.6 Å². The average molecular weight is 389 g/mol. The molecule has 1 saturated heterocycles. The quantitative estimate of drug-likeness (QED) is 0.697. The topological polar surface area (TPSA) is 102 Å². The van der Waals surface area contributed by atoms with Crippen molar-refractivity contribution in [2.24, 2.45) is 17.6 Å². The number of likely N-dealkylation sites (tertiary alicyclic amines) is 1. The van der Waals surface area contributed by atoms with Crippen LogP contribution in [0.15, 0.2) is 24.3 Å². The van der Waals surface area contributed by atoms with Gasteiger partial charge in [0.15, 0.2) is 0 Å². The molecule has 1 aliphatic heterocycles. The Morgan fingerprint density at radius 1 is 1.18 bits per heavy atom. The normalized spacial score (nSPS) is 16.0. The number of piperidine rings is 1. The van der Waals surface area contributed by atoms with Gasteiger partial charge in [-0.25, -0.2) is 0 Å². The molecule has 1 aromatic rings. The van der Waals surface area contributed by atoms with Crippen LogP contribution >= 0.6 is 0 Å². The first-order valence-corrected chi connectivity index (χ1v) is 9.94. The molecule has 2 rings (SSSR count). The smallest absolute Gasteiger partial charge is 0.309 e. The summed E-state index contributed by atoms with van der Waals surface area (Å²) in [5.74, 6) is -0.263. The molecule has 0 aromatic heterocycles. The summed E-state index contributed by atoms with van der Waals surface area (Å²) >= 11 is 0. The van der Waals surface area contributed by atoms with Crippen LogP contribution in [-0.4, -0.2) is 48.4 Å². The summed E-state index contributed by atoms with van der Waals surface area (Å²) in [6.45, 7) is 7.27. The van der Waals surface area contributed by atoms with Gasteiger partial charge in [0, 0.05) is 24.3 Å². The summed E-state index contributed by atoms with van der Waals surface area (Å²) < 4.78 is 5.06. The minimum atomic E-state index is -0.554. The van der Waals surface area contributed by atoms with Crippen LogP contribution < -0.4 is 11.1 Å². The van der Waals surface area contributed by atoms with Crippen LogP contribution in [0.4, 0.5) is 5.69 Å². The molecule has 1 aromatic carbocycles. The Labute approximate surface area is 166 Å². The van der Waals surface area contributed by atoms with Crippen LogP contribution in [-0.2, 0) is 14.3 Å². The van der Waals surface area contributed by atoms with E-state index in [2.05, 4.69) is 5.32 Å². The SMILES string of the molecule is CCOC(=O)C1CCN(C(=O)c2ccc(NC(=O)[C@@H](N)CC(C)C)cc2)CC1. The van der Waals surface area contributed by atoms with Gasteiger partial charge in [-0.05, 0) is 56.4 Å². The van der Waals surface area contributed by atoms with Crippen molar-refractivity contribution in [3.8, 4) is 0 Å². The number of benzene rings is 1. The van der Waals surface area contributed by atoms with E-state index >= 15 is 0 Å². The molecule has 1 aliphatic rings. The minimum Gasteiger partial charge on any atom is -0.466 e. The molecule has 0 saturated carbocycles. The van der Waals surface area contributed by atoms with Crippen LogP contribution in [0.1, 0.15) is 50.4 Å². The highest BCUT2D eigenvalue weighted by molar-refractivity contribution is 5.97. The van der Waals surface area contributed by atoms with E-state index in [9.17, 15) is 14.4 Å². The fraction of sp³-hybridized carbons (Fsp3) is 0.571. The Morgan fingerprint density at radius 3 is 2.32 bits per heavy atom. The Bertz CT molecular complexity index is 679. The number of nitrogens with zero attached hydrogens (tertiary/aromatic N) is 1. The Kier molecular flexibility index (Phi) is 7.99. The molecular weight excluding hydrogens is 358 g/mol. The molecule has 0 spiro atoms. The van der Waals surface area contributed by atoms with Gasteiger partial charge in [-0.1, -0.05) is 13.8 Å². The van der Waals surface area contributed by atoms with Crippen molar-refractivity contribution in [1.82, 2.24) is 4.90 Å². The molecule has 28 heavy (non-hydrogen) atoms. The largest absolute Gasteiger partial charge is 0.466 e. The Balaban J connectivity index is 1.88. The first-order valence-electron chi connectivity index (χ1n) is 9.94. The molecule has 2 amide bonds. The summed E-state index contributed by atoms with van der Waals surface area (Å²) in [5, 5.41) is 2.78. The lowest BCUT2D eigenvalue weighted by molar-refractivity contribution is -0.149. The van der Waals surface area contributed by atoms with E-state index in [-0.39, 0.29) is 23.7 Å². The third-order valence-corrected chi connectivity index (χ3v) is 4.86. The van der Waals surface area contributed by atoms with E-state index in [4.69, 9.17) is 10.5 Å². The van der Waals surface area contributed by atoms with Gasteiger partial charge in [-0.2, -0.15) is 0 Å². The molecule has 7 heteroatoms. The fourth-order valence-electron chi connectivity index (χ4n) is 3.31. The van der Waals surface area contributed by atoms with Crippen molar-refractivity contribution in [2.75, 3.05) is 25.0 Å². The molecule has 0 bridgehead atoms. The molecule has 154 valence electrons.